The highest BCUT2D eigenvalue weighted by molar-refractivity contribution is 5.80. The van der Waals surface area contributed by atoms with E-state index in [2.05, 4.69) is 86.0 Å². The van der Waals surface area contributed by atoms with E-state index in [9.17, 15) is 0 Å². The van der Waals surface area contributed by atoms with E-state index < -0.39 is 0 Å². The molecule has 0 aliphatic carbocycles. The molecule has 6 heteroatoms. The van der Waals surface area contributed by atoms with E-state index in [0.717, 1.165) is 50.8 Å². The van der Waals surface area contributed by atoms with Crippen LogP contribution in [0.25, 0.3) is 0 Å². The molecule has 0 bridgehead atoms. The largest absolute Gasteiger partial charge is 0.357 e. The molecule has 2 N–H and O–H groups in total. The lowest BCUT2D eigenvalue weighted by Gasteiger charge is -2.21. The minimum atomic E-state index is 0.386. The van der Waals surface area contributed by atoms with Crippen molar-refractivity contribution in [1.29, 1.82) is 0 Å². The molecular weight excluding hydrogens is 384 g/mol. The van der Waals surface area contributed by atoms with Crippen molar-refractivity contribution >= 4 is 5.96 Å². The van der Waals surface area contributed by atoms with Crippen LogP contribution in [0.4, 0.5) is 0 Å². The number of hydrogen-bond donors (Lipinski definition) is 2. The van der Waals surface area contributed by atoms with Crippen molar-refractivity contribution in [2.45, 2.75) is 73.5 Å². The van der Waals surface area contributed by atoms with Gasteiger partial charge < -0.3 is 15.5 Å². The third-order valence-corrected chi connectivity index (χ3v) is 5.84. The lowest BCUT2D eigenvalue weighted by Crippen LogP contribution is -2.42. The number of aromatic nitrogens is 2. The Hall–Kier alpha value is -2.34. The summed E-state index contributed by atoms with van der Waals surface area (Å²) in [4.78, 5) is 7.35. The molecule has 1 unspecified atom stereocenters. The first-order chi connectivity index (χ1) is 15.0. The van der Waals surface area contributed by atoms with E-state index in [0.29, 0.717) is 12.6 Å². The van der Waals surface area contributed by atoms with Gasteiger partial charge in [-0.15, -0.1) is 0 Å². The molecule has 172 valence electrons. The molecule has 0 radical (unpaired) electrons. The topological polar surface area (TPSA) is 57.5 Å². The summed E-state index contributed by atoms with van der Waals surface area (Å²) in [6, 6.07) is 10.9. The van der Waals surface area contributed by atoms with Crippen molar-refractivity contribution in [1.82, 2.24) is 25.3 Å². The van der Waals surface area contributed by atoms with Gasteiger partial charge in [-0.1, -0.05) is 44.2 Å². The average molecular weight is 427 g/mol. The zero-order valence-electron chi connectivity index (χ0n) is 20.4. The average Bonchev–Trinajstić information content (AvgIpc) is 3.03. The standard InChI is InChI=1S/C25H42N6/c1-7-26-25(28-20(4)14-13-17-30(8-2)9-3)27-18-24-21(5)29-31(22(24)6)19-23-15-11-10-12-16-23/h10-12,15-16,20H,7-9,13-14,17-19H2,1-6H3,(H2,26,27,28). The van der Waals surface area contributed by atoms with Gasteiger partial charge in [0.15, 0.2) is 5.96 Å². The quantitative estimate of drug-likeness (QED) is 0.396. The summed E-state index contributed by atoms with van der Waals surface area (Å²) in [5.74, 6) is 0.882. The Balaban J connectivity index is 1.98. The Morgan fingerprint density at radius 1 is 1.13 bits per heavy atom. The summed E-state index contributed by atoms with van der Waals surface area (Å²) >= 11 is 0. The fourth-order valence-electron chi connectivity index (χ4n) is 3.82. The highest BCUT2D eigenvalue weighted by atomic mass is 15.3. The van der Waals surface area contributed by atoms with E-state index in [-0.39, 0.29) is 0 Å². The first-order valence-electron chi connectivity index (χ1n) is 11.8. The lowest BCUT2D eigenvalue weighted by atomic mass is 10.1. The molecular formula is C25H42N6. The molecule has 0 fully saturated rings. The number of nitrogens with one attached hydrogen (secondary N) is 2. The van der Waals surface area contributed by atoms with Gasteiger partial charge in [-0.2, -0.15) is 5.10 Å². The van der Waals surface area contributed by atoms with E-state index >= 15 is 0 Å². The van der Waals surface area contributed by atoms with Gasteiger partial charge in [-0.05, 0) is 65.7 Å². The zero-order valence-corrected chi connectivity index (χ0v) is 20.4. The van der Waals surface area contributed by atoms with Crippen LogP contribution in [0, 0.1) is 13.8 Å². The highest BCUT2D eigenvalue weighted by Gasteiger charge is 2.12. The minimum absolute atomic E-state index is 0.386. The Morgan fingerprint density at radius 2 is 1.84 bits per heavy atom. The summed E-state index contributed by atoms with van der Waals surface area (Å²) in [6.07, 6.45) is 2.33. The third-order valence-electron chi connectivity index (χ3n) is 5.84. The highest BCUT2D eigenvalue weighted by Crippen LogP contribution is 2.16. The molecule has 1 aromatic heterocycles. The maximum atomic E-state index is 4.87. The molecule has 0 saturated heterocycles. The summed E-state index contributed by atoms with van der Waals surface area (Å²) in [7, 11) is 0. The van der Waals surface area contributed by atoms with Gasteiger partial charge in [0.2, 0.25) is 0 Å². The molecule has 0 aliphatic rings. The number of benzene rings is 1. The molecule has 2 aromatic rings. The number of nitrogens with zero attached hydrogens (tertiary/aromatic N) is 4. The molecule has 6 nitrogen and oxygen atoms in total. The summed E-state index contributed by atoms with van der Waals surface area (Å²) in [5, 5.41) is 11.7. The molecule has 1 heterocycles. The van der Waals surface area contributed by atoms with Crippen LogP contribution < -0.4 is 10.6 Å². The molecule has 0 spiro atoms. The SMILES string of the molecule is CCNC(=NCc1c(C)nn(Cc2ccccc2)c1C)NC(C)CCCN(CC)CC. The molecule has 1 atom stereocenters. The van der Waals surface area contributed by atoms with Gasteiger partial charge in [0.25, 0.3) is 0 Å². The first-order valence-corrected chi connectivity index (χ1v) is 11.8. The molecule has 0 amide bonds. The Bertz CT molecular complexity index is 792. The second-order valence-electron chi connectivity index (χ2n) is 8.20. The van der Waals surface area contributed by atoms with E-state index in [1.165, 1.54) is 23.2 Å². The number of guanidine groups is 1. The minimum Gasteiger partial charge on any atom is -0.357 e. The maximum absolute atomic E-state index is 4.87. The van der Waals surface area contributed by atoms with E-state index in [1.54, 1.807) is 0 Å². The molecule has 0 aliphatic heterocycles. The molecule has 0 saturated carbocycles. The van der Waals surface area contributed by atoms with Crippen LogP contribution in [0.5, 0.6) is 0 Å². The smallest absolute Gasteiger partial charge is 0.191 e. The Kier molecular flexibility index (Phi) is 10.6. The molecule has 2 rings (SSSR count). The fraction of sp³-hybridized carbons (Fsp3) is 0.600. The number of aryl methyl sites for hydroxylation is 1. The van der Waals surface area contributed by atoms with Gasteiger partial charge >= 0.3 is 0 Å². The van der Waals surface area contributed by atoms with Crippen LogP contribution in [0.1, 0.15) is 63.1 Å². The van der Waals surface area contributed by atoms with Crippen LogP contribution in [0.15, 0.2) is 35.3 Å². The Morgan fingerprint density at radius 3 is 2.48 bits per heavy atom. The van der Waals surface area contributed by atoms with Crippen molar-refractivity contribution in [3.8, 4) is 0 Å². The number of aliphatic imine (C=N–C) groups is 1. The first kappa shape index (κ1) is 24.9. The van der Waals surface area contributed by atoms with Gasteiger partial charge in [0.05, 0.1) is 18.8 Å². The lowest BCUT2D eigenvalue weighted by molar-refractivity contribution is 0.292. The second-order valence-corrected chi connectivity index (χ2v) is 8.20. The fourth-order valence-corrected chi connectivity index (χ4v) is 3.82. The predicted molar refractivity (Wildman–Crippen MR) is 132 cm³/mol. The maximum Gasteiger partial charge on any atom is 0.191 e. The van der Waals surface area contributed by atoms with Crippen molar-refractivity contribution in [3.05, 3.63) is 52.8 Å². The van der Waals surface area contributed by atoms with Crippen LogP contribution in [0.2, 0.25) is 0 Å². The van der Waals surface area contributed by atoms with Crippen molar-refractivity contribution in [2.24, 2.45) is 4.99 Å². The van der Waals surface area contributed by atoms with Crippen molar-refractivity contribution in [2.75, 3.05) is 26.2 Å². The van der Waals surface area contributed by atoms with Crippen LogP contribution in [-0.4, -0.2) is 52.9 Å². The second kappa shape index (κ2) is 13.2. The number of hydrogen-bond acceptors (Lipinski definition) is 3. The van der Waals surface area contributed by atoms with Gasteiger partial charge in [-0.3, -0.25) is 4.68 Å². The van der Waals surface area contributed by atoms with E-state index in [4.69, 9.17) is 10.1 Å². The molecule has 1 aromatic carbocycles. The normalized spacial score (nSPS) is 12.9. The summed E-state index contributed by atoms with van der Waals surface area (Å²) in [6.45, 7) is 18.7. The predicted octanol–water partition coefficient (Wildman–Crippen LogP) is 4.11. The van der Waals surface area contributed by atoms with Crippen LogP contribution in [0.3, 0.4) is 0 Å². The zero-order chi connectivity index (χ0) is 22.6. The Labute approximate surface area is 189 Å². The van der Waals surface area contributed by atoms with Crippen LogP contribution >= 0.6 is 0 Å². The third kappa shape index (κ3) is 8.02. The number of rotatable bonds is 12. The van der Waals surface area contributed by atoms with Crippen molar-refractivity contribution < 1.29 is 0 Å². The van der Waals surface area contributed by atoms with Gasteiger partial charge in [0, 0.05) is 23.8 Å². The van der Waals surface area contributed by atoms with Gasteiger partial charge in [0.1, 0.15) is 0 Å². The van der Waals surface area contributed by atoms with Crippen molar-refractivity contribution in [3.63, 3.8) is 0 Å². The van der Waals surface area contributed by atoms with Gasteiger partial charge in [-0.25, -0.2) is 4.99 Å². The van der Waals surface area contributed by atoms with E-state index in [1.807, 2.05) is 6.07 Å². The van der Waals surface area contributed by atoms with Crippen LogP contribution in [-0.2, 0) is 13.1 Å². The monoisotopic (exact) mass is 426 g/mol. The molecule has 31 heavy (non-hydrogen) atoms. The summed E-state index contributed by atoms with van der Waals surface area (Å²) in [5.41, 5.74) is 4.72. The summed E-state index contributed by atoms with van der Waals surface area (Å²) < 4.78 is 2.09.